The summed E-state index contributed by atoms with van der Waals surface area (Å²) in [6.07, 6.45) is 5.25. The van der Waals surface area contributed by atoms with Crippen LogP contribution in [0.2, 0.25) is 0 Å². The molecule has 15 heavy (non-hydrogen) atoms. The van der Waals surface area contributed by atoms with Gasteiger partial charge in [0.15, 0.2) is 0 Å². The molecule has 0 N–H and O–H groups in total. The van der Waals surface area contributed by atoms with E-state index in [1.807, 2.05) is 0 Å². The van der Waals surface area contributed by atoms with Gasteiger partial charge in [-0.1, -0.05) is 50.1 Å². The molecular weight excluding hydrogens is 215 g/mol. The number of carbonyl (C=O) groups is 1. The summed E-state index contributed by atoms with van der Waals surface area (Å²) in [6, 6.07) is 10.7. The summed E-state index contributed by atoms with van der Waals surface area (Å²) in [5, 5.41) is 8.25. The minimum absolute atomic E-state index is 0. The molecule has 0 spiro atoms. The number of aryl methyl sites for hydroxylation is 1. The van der Waals surface area contributed by atoms with Gasteiger partial charge < -0.3 is 9.90 Å². The van der Waals surface area contributed by atoms with E-state index in [1.54, 1.807) is 0 Å². The summed E-state index contributed by atoms with van der Waals surface area (Å²) >= 11 is 0. The first-order chi connectivity index (χ1) is 6.85. The average Bonchev–Trinajstić information content (AvgIpc) is 2.21. The number of carboxylic acid groups (broad SMARTS) is 1. The van der Waals surface area contributed by atoms with Gasteiger partial charge in [0, 0.05) is 6.47 Å². The van der Waals surface area contributed by atoms with Crippen LogP contribution in [-0.2, 0) is 11.2 Å². The molecule has 0 aliphatic rings. The molecule has 0 bridgehead atoms. The van der Waals surface area contributed by atoms with Crippen molar-refractivity contribution < 1.29 is 61.3 Å². The van der Waals surface area contributed by atoms with Crippen molar-refractivity contribution in [3.05, 3.63) is 35.9 Å². The van der Waals surface area contributed by atoms with Crippen LogP contribution in [0.5, 0.6) is 0 Å². The summed E-state index contributed by atoms with van der Waals surface area (Å²) < 4.78 is 0. The standard InChI is InChI=1S/C11H16.CH2O2.K/c1-2-3-5-8-11-9-6-4-7-10-11;2-1-3;/h4,6-7,9-10H,2-3,5,8H2,1H3;1H,(H,2,3);/q;;+1/p-1. The maximum Gasteiger partial charge on any atom is 1.00 e. The van der Waals surface area contributed by atoms with Gasteiger partial charge >= 0.3 is 51.4 Å². The van der Waals surface area contributed by atoms with Crippen molar-refractivity contribution in [2.75, 3.05) is 0 Å². The second-order valence-electron chi connectivity index (χ2n) is 3.04. The van der Waals surface area contributed by atoms with Gasteiger partial charge in [-0.25, -0.2) is 0 Å². The minimum Gasteiger partial charge on any atom is -0.554 e. The van der Waals surface area contributed by atoms with Crippen LogP contribution in [0.15, 0.2) is 30.3 Å². The molecule has 0 aliphatic heterocycles. The van der Waals surface area contributed by atoms with E-state index in [9.17, 15) is 0 Å². The Hall–Kier alpha value is 0.326. The Bertz CT molecular complexity index is 224. The Morgan fingerprint density at radius 1 is 1.20 bits per heavy atom. The van der Waals surface area contributed by atoms with E-state index in [4.69, 9.17) is 9.90 Å². The molecule has 1 aromatic carbocycles. The minimum atomic E-state index is -0.500. The van der Waals surface area contributed by atoms with Gasteiger partial charge in [0.1, 0.15) is 0 Å². The summed E-state index contributed by atoms with van der Waals surface area (Å²) in [4.78, 5) is 8.25. The number of hydrogen-bond donors (Lipinski definition) is 0. The van der Waals surface area contributed by atoms with Gasteiger partial charge in [-0.05, 0) is 18.4 Å². The van der Waals surface area contributed by atoms with Crippen molar-refractivity contribution in [2.24, 2.45) is 0 Å². The second-order valence-corrected chi connectivity index (χ2v) is 3.04. The normalized spacial score (nSPS) is 8.07. The van der Waals surface area contributed by atoms with Crippen LogP contribution in [0, 0.1) is 0 Å². The van der Waals surface area contributed by atoms with Crippen LogP contribution in [0.4, 0.5) is 0 Å². The Labute approximate surface area is 135 Å². The number of benzene rings is 1. The summed E-state index contributed by atoms with van der Waals surface area (Å²) in [5.41, 5.74) is 1.47. The van der Waals surface area contributed by atoms with Gasteiger partial charge in [-0.15, -0.1) is 0 Å². The maximum atomic E-state index is 8.25. The molecule has 0 amide bonds. The van der Waals surface area contributed by atoms with Crippen molar-refractivity contribution in [2.45, 2.75) is 32.6 Å². The molecule has 3 heteroatoms. The molecule has 0 aromatic heterocycles. The van der Waals surface area contributed by atoms with Crippen LogP contribution in [0.25, 0.3) is 0 Å². The van der Waals surface area contributed by atoms with Gasteiger partial charge in [-0.2, -0.15) is 0 Å². The first-order valence-corrected chi connectivity index (χ1v) is 4.94. The van der Waals surface area contributed by atoms with Crippen LogP contribution < -0.4 is 56.5 Å². The van der Waals surface area contributed by atoms with Crippen LogP contribution >= 0.6 is 0 Å². The van der Waals surface area contributed by atoms with Gasteiger partial charge in [-0.3, -0.25) is 0 Å². The fraction of sp³-hybridized carbons (Fsp3) is 0.417. The smallest absolute Gasteiger partial charge is 0.554 e. The predicted molar refractivity (Wildman–Crippen MR) is 55.7 cm³/mol. The Balaban J connectivity index is 0. The molecule has 0 fully saturated rings. The summed E-state index contributed by atoms with van der Waals surface area (Å²) in [7, 11) is 0. The molecule has 78 valence electrons. The quantitative estimate of drug-likeness (QED) is 0.371. The molecule has 0 radical (unpaired) electrons. The molecule has 0 saturated heterocycles. The van der Waals surface area contributed by atoms with E-state index in [0.717, 1.165) is 0 Å². The fourth-order valence-electron chi connectivity index (χ4n) is 1.22. The van der Waals surface area contributed by atoms with Crippen molar-refractivity contribution in [1.29, 1.82) is 0 Å². The largest absolute Gasteiger partial charge is 1.00 e. The number of rotatable bonds is 4. The summed E-state index contributed by atoms with van der Waals surface area (Å²) in [6.45, 7) is 1.74. The molecule has 0 unspecified atom stereocenters. The molecule has 0 atom stereocenters. The van der Waals surface area contributed by atoms with Crippen molar-refractivity contribution >= 4 is 6.47 Å². The van der Waals surface area contributed by atoms with E-state index < -0.39 is 6.47 Å². The van der Waals surface area contributed by atoms with Gasteiger partial charge in [0.25, 0.3) is 0 Å². The molecule has 1 aromatic rings. The molecule has 1 rings (SSSR count). The van der Waals surface area contributed by atoms with Crippen molar-refractivity contribution in [3.63, 3.8) is 0 Å². The zero-order valence-corrected chi connectivity index (χ0v) is 12.7. The Kier molecular flexibility index (Phi) is 16.9. The first kappa shape index (κ1) is 17.7. The van der Waals surface area contributed by atoms with E-state index >= 15 is 0 Å². The van der Waals surface area contributed by atoms with Crippen molar-refractivity contribution in [3.8, 4) is 0 Å². The molecule has 0 heterocycles. The number of unbranched alkanes of at least 4 members (excludes halogenated alkanes) is 2. The predicted octanol–water partition coefficient (Wildman–Crippen LogP) is -1.21. The fourth-order valence-corrected chi connectivity index (χ4v) is 1.22. The van der Waals surface area contributed by atoms with E-state index in [-0.39, 0.29) is 51.4 Å². The van der Waals surface area contributed by atoms with E-state index in [2.05, 4.69) is 37.3 Å². The number of carbonyl (C=O) groups excluding carboxylic acids is 1. The van der Waals surface area contributed by atoms with Gasteiger partial charge in [0.05, 0.1) is 0 Å². The SMILES string of the molecule is CCCCCc1ccccc1.O=C[O-].[K+]. The van der Waals surface area contributed by atoms with E-state index in [1.165, 1.54) is 31.2 Å². The molecular formula is C12H17KO2. The zero-order chi connectivity index (χ0) is 10.6. The zero-order valence-electron chi connectivity index (χ0n) is 9.61. The van der Waals surface area contributed by atoms with E-state index in [0.29, 0.717) is 0 Å². The monoisotopic (exact) mass is 232 g/mol. The van der Waals surface area contributed by atoms with Crippen molar-refractivity contribution in [1.82, 2.24) is 0 Å². The summed E-state index contributed by atoms with van der Waals surface area (Å²) in [5.74, 6) is 0. The molecule has 0 saturated carbocycles. The van der Waals surface area contributed by atoms with Gasteiger partial charge in [0.2, 0.25) is 0 Å². The number of hydrogen-bond acceptors (Lipinski definition) is 2. The topological polar surface area (TPSA) is 40.1 Å². The third-order valence-electron chi connectivity index (χ3n) is 1.91. The third-order valence-corrected chi connectivity index (χ3v) is 1.91. The maximum absolute atomic E-state index is 8.25. The van der Waals surface area contributed by atoms with Crippen LogP contribution in [-0.4, -0.2) is 6.47 Å². The second kappa shape index (κ2) is 14.3. The Morgan fingerprint density at radius 3 is 2.20 bits per heavy atom. The molecule has 2 nitrogen and oxygen atoms in total. The molecule has 0 aliphatic carbocycles. The third kappa shape index (κ3) is 12.3. The Morgan fingerprint density at radius 2 is 1.73 bits per heavy atom. The average molecular weight is 232 g/mol. The van der Waals surface area contributed by atoms with Crippen LogP contribution in [0.1, 0.15) is 31.7 Å². The van der Waals surface area contributed by atoms with Crippen LogP contribution in [0.3, 0.4) is 0 Å². The first-order valence-electron chi connectivity index (χ1n) is 4.94.